The Labute approximate surface area is 172 Å². The fourth-order valence-corrected chi connectivity index (χ4v) is 3.10. The fourth-order valence-electron chi connectivity index (χ4n) is 3.10. The van der Waals surface area contributed by atoms with Crippen LogP contribution in [-0.2, 0) is 4.74 Å². The number of ether oxygens (including phenoxy) is 1. The molecule has 4 rings (SSSR count). The van der Waals surface area contributed by atoms with Crippen molar-refractivity contribution >= 4 is 23.1 Å². The lowest BCUT2D eigenvalue weighted by atomic mass is 10.1. The Morgan fingerprint density at radius 1 is 0.967 bits per heavy atom. The highest BCUT2D eigenvalue weighted by Crippen LogP contribution is 2.22. The van der Waals surface area contributed by atoms with E-state index in [0.717, 1.165) is 30.2 Å². The van der Waals surface area contributed by atoms with Gasteiger partial charge in [0, 0.05) is 42.0 Å². The molecule has 1 amide bonds. The molecule has 9 nitrogen and oxygen atoms in total. The van der Waals surface area contributed by atoms with Crippen LogP contribution in [0.1, 0.15) is 10.4 Å². The molecule has 0 spiro atoms. The van der Waals surface area contributed by atoms with Gasteiger partial charge in [0.2, 0.25) is 0 Å². The number of nitro groups is 1. The third-order valence-electron chi connectivity index (χ3n) is 4.76. The van der Waals surface area contributed by atoms with E-state index in [2.05, 4.69) is 20.4 Å². The number of hydrogen-bond acceptors (Lipinski definition) is 7. The van der Waals surface area contributed by atoms with Gasteiger partial charge in [0.15, 0.2) is 5.82 Å². The Bertz CT molecular complexity index is 1030. The Kier molecular flexibility index (Phi) is 5.62. The summed E-state index contributed by atoms with van der Waals surface area (Å²) in [5.74, 6) is 0.487. The molecule has 1 N–H and O–H groups in total. The molecule has 1 aliphatic heterocycles. The number of amides is 1. The van der Waals surface area contributed by atoms with E-state index in [0.29, 0.717) is 24.5 Å². The van der Waals surface area contributed by atoms with Crippen molar-refractivity contribution in [3.8, 4) is 11.3 Å². The minimum Gasteiger partial charge on any atom is -0.378 e. The molecule has 2 heterocycles. The maximum atomic E-state index is 12.3. The maximum absolute atomic E-state index is 12.3. The monoisotopic (exact) mass is 405 g/mol. The molecule has 1 saturated heterocycles. The molecule has 0 unspecified atom stereocenters. The topological polar surface area (TPSA) is 110 Å². The molecular weight excluding hydrogens is 386 g/mol. The predicted octanol–water partition coefficient (Wildman–Crippen LogP) is 3.14. The highest BCUT2D eigenvalue weighted by Gasteiger charge is 2.13. The molecule has 0 saturated carbocycles. The van der Waals surface area contributed by atoms with Crippen LogP contribution in [0.3, 0.4) is 0 Å². The minimum absolute atomic E-state index is 0.0587. The Hall–Kier alpha value is -3.85. The van der Waals surface area contributed by atoms with Crippen LogP contribution < -0.4 is 10.2 Å². The number of carbonyl (C=O) groups excluding carboxylic acids is 1. The molecule has 9 heteroatoms. The van der Waals surface area contributed by atoms with Crippen molar-refractivity contribution in [2.45, 2.75) is 0 Å². The van der Waals surface area contributed by atoms with Gasteiger partial charge in [0.1, 0.15) is 0 Å². The minimum atomic E-state index is -0.503. The first kappa shape index (κ1) is 19.5. The Morgan fingerprint density at radius 2 is 1.67 bits per heavy atom. The number of aromatic nitrogens is 2. The smallest absolute Gasteiger partial charge is 0.269 e. The van der Waals surface area contributed by atoms with E-state index in [9.17, 15) is 14.9 Å². The summed E-state index contributed by atoms with van der Waals surface area (Å²) >= 11 is 0. The van der Waals surface area contributed by atoms with Gasteiger partial charge in [-0.25, -0.2) is 0 Å². The lowest BCUT2D eigenvalue weighted by Gasteiger charge is -2.27. The molecule has 1 fully saturated rings. The number of carbonyl (C=O) groups is 1. The normalized spacial score (nSPS) is 13.7. The first-order valence-electron chi connectivity index (χ1n) is 9.43. The average Bonchev–Trinajstić information content (AvgIpc) is 2.80. The van der Waals surface area contributed by atoms with Crippen molar-refractivity contribution in [2.75, 3.05) is 36.5 Å². The summed E-state index contributed by atoms with van der Waals surface area (Å²) in [7, 11) is 0. The van der Waals surface area contributed by atoms with Gasteiger partial charge in [-0.3, -0.25) is 14.9 Å². The number of nitro benzene ring substituents is 1. The molecule has 30 heavy (non-hydrogen) atoms. The summed E-state index contributed by atoms with van der Waals surface area (Å²) in [4.78, 5) is 24.7. The summed E-state index contributed by atoms with van der Waals surface area (Å²) in [6.45, 7) is 2.99. The number of morpholine rings is 1. The van der Waals surface area contributed by atoms with Gasteiger partial charge in [0.25, 0.3) is 11.6 Å². The van der Waals surface area contributed by atoms with E-state index < -0.39 is 4.92 Å². The fraction of sp³-hybridized carbons (Fsp3) is 0.190. The van der Waals surface area contributed by atoms with E-state index in [1.807, 2.05) is 24.3 Å². The quantitative estimate of drug-likeness (QED) is 0.513. The highest BCUT2D eigenvalue weighted by molar-refractivity contribution is 6.04. The Balaban J connectivity index is 1.41. The van der Waals surface area contributed by atoms with Gasteiger partial charge < -0.3 is 15.0 Å². The van der Waals surface area contributed by atoms with E-state index in [1.165, 1.54) is 24.3 Å². The average molecular weight is 405 g/mol. The number of rotatable bonds is 5. The van der Waals surface area contributed by atoms with Crippen LogP contribution >= 0.6 is 0 Å². The van der Waals surface area contributed by atoms with Crippen LogP contribution in [0.4, 0.5) is 17.2 Å². The lowest BCUT2D eigenvalue weighted by molar-refractivity contribution is -0.384. The van der Waals surface area contributed by atoms with Crippen LogP contribution in [-0.4, -0.2) is 47.3 Å². The molecule has 2 aromatic carbocycles. The van der Waals surface area contributed by atoms with Gasteiger partial charge in [-0.1, -0.05) is 12.1 Å². The van der Waals surface area contributed by atoms with Crippen molar-refractivity contribution in [1.29, 1.82) is 0 Å². The SMILES string of the molecule is O=C(Nc1ccc(-c2ccc(N3CCOCC3)nn2)cc1)c1ccc([N+](=O)[O-])cc1. The predicted molar refractivity (Wildman–Crippen MR) is 112 cm³/mol. The molecule has 152 valence electrons. The standard InChI is InChI=1S/C21H19N5O4/c27-21(16-3-7-18(8-4-16)26(28)29)22-17-5-1-15(2-6-17)19-9-10-20(24-23-19)25-11-13-30-14-12-25/h1-10H,11-14H2,(H,22,27). The first-order valence-corrected chi connectivity index (χ1v) is 9.43. The second kappa shape index (κ2) is 8.66. The van der Waals surface area contributed by atoms with Crippen LogP contribution in [0.2, 0.25) is 0 Å². The van der Waals surface area contributed by atoms with Gasteiger partial charge in [-0.15, -0.1) is 10.2 Å². The van der Waals surface area contributed by atoms with Crippen LogP contribution in [0.15, 0.2) is 60.7 Å². The zero-order chi connectivity index (χ0) is 20.9. The summed E-state index contributed by atoms with van der Waals surface area (Å²) in [5, 5.41) is 22.1. The number of nitrogens with zero attached hydrogens (tertiary/aromatic N) is 4. The largest absolute Gasteiger partial charge is 0.378 e. The number of benzene rings is 2. The van der Waals surface area contributed by atoms with Crippen molar-refractivity contribution in [3.63, 3.8) is 0 Å². The third-order valence-corrected chi connectivity index (χ3v) is 4.76. The number of nitrogens with one attached hydrogen (secondary N) is 1. The van der Waals surface area contributed by atoms with E-state index in [4.69, 9.17) is 4.74 Å². The van der Waals surface area contributed by atoms with Gasteiger partial charge in [0.05, 0.1) is 23.8 Å². The first-order chi connectivity index (χ1) is 14.6. The number of anilines is 2. The van der Waals surface area contributed by atoms with E-state index >= 15 is 0 Å². The summed E-state index contributed by atoms with van der Waals surface area (Å²) in [6.07, 6.45) is 0. The molecule has 0 bridgehead atoms. The molecule has 3 aromatic rings. The van der Waals surface area contributed by atoms with Gasteiger partial charge in [-0.2, -0.15) is 0 Å². The lowest BCUT2D eigenvalue weighted by Crippen LogP contribution is -2.36. The van der Waals surface area contributed by atoms with Crippen molar-refractivity contribution < 1.29 is 14.5 Å². The van der Waals surface area contributed by atoms with Gasteiger partial charge in [-0.05, 0) is 36.4 Å². The number of non-ortho nitro benzene ring substituents is 1. The molecule has 1 aliphatic rings. The molecular formula is C21H19N5O4. The second-order valence-corrected chi connectivity index (χ2v) is 6.71. The zero-order valence-electron chi connectivity index (χ0n) is 16.0. The second-order valence-electron chi connectivity index (χ2n) is 6.71. The molecule has 1 aromatic heterocycles. The van der Waals surface area contributed by atoms with Crippen molar-refractivity contribution in [1.82, 2.24) is 10.2 Å². The van der Waals surface area contributed by atoms with Crippen LogP contribution in [0.5, 0.6) is 0 Å². The molecule has 0 radical (unpaired) electrons. The number of hydrogen-bond donors (Lipinski definition) is 1. The van der Waals surface area contributed by atoms with E-state index in [-0.39, 0.29) is 11.6 Å². The van der Waals surface area contributed by atoms with Crippen molar-refractivity contribution in [2.24, 2.45) is 0 Å². The molecule has 0 atom stereocenters. The molecule has 0 aliphatic carbocycles. The summed E-state index contributed by atoms with van der Waals surface area (Å²) in [6, 6.07) is 16.6. The van der Waals surface area contributed by atoms with Gasteiger partial charge >= 0.3 is 0 Å². The maximum Gasteiger partial charge on any atom is 0.269 e. The summed E-state index contributed by atoms with van der Waals surface area (Å²) in [5.41, 5.74) is 2.51. The van der Waals surface area contributed by atoms with Crippen LogP contribution in [0.25, 0.3) is 11.3 Å². The summed E-state index contributed by atoms with van der Waals surface area (Å²) < 4.78 is 5.35. The third kappa shape index (κ3) is 4.41. The Morgan fingerprint density at radius 3 is 2.27 bits per heavy atom. The van der Waals surface area contributed by atoms with E-state index in [1.54, 1.807) is 12.1 Å². The van der Waals surface area contributed by atoms with Crippen LogP contribution in [0, 0.1) is 10.1 Å². The highest BCUT2D eigenvalue weighted by atomic mass is 16.6. The zero-order valence-corrected chi connectivity index (χ0v) is 16.0. The van der Waals surface area contributed by atoms with Crippen molar-refractivity contribution in [3.05, 3.63) is 76.3 Å².